The van der Waals surface area contributed by atoms with Crippen LogP contribution in [0.5, 0.6) is 0 Å². The molecule has 0 unspecified atom stereocenters. The highest BCUT2D eigenvalue weighted by atomic mass is 27.0. The molecule has 4 nitrogen and oxygen atoms in total. The Hall–Kier alpha value is -0.368. The van der Waals surface area contributed by atoms with Gasteiger partial charge in [-0.3, -0.25) is 14.8 Å². The molecule has 1 heterocycles. The number of amides is 2. The van der Waals surface area contributed by atoms with E-state index in [2.05, 4.69) is 0 Å². The first-order valence-corrected chi connectivity index (χ1v) is 2.26. The molecule has 0 bridgehead atoms. The van der Waals surface area contributed by atoms with Gasteiger partial charge in [0.05, 0.1) is 0 Å². The van der Waals surface area contributed by atoms with Gasteiger partial charge in [0.25, 0.3) is 11.8 Å². The van der Waals surface area contributed by atoms with Crippen LogP contribution in [-0.4, -0.2) is 39.4 Å². The molecular formula is C4H8AlNO3. The van der Waals surface area contributed by atoms with Crippen molar-refractivity contribution in [3.63, 3.8) is 0 Å². The van der Waals surface area contributed by atoms with E-state index >= 15 is 0 Å². The smallest absolute Gasteiger partial charge is 0.253 e. The maximum Gasteiger partial charge on any atom is 0.253 e. The maximum absolute atomic E-state index is 10.2. The second kappa shape index (κ2) is 2.97. The average molecular weight is 145 g/mol. The quantitative estimate of drug-likeness (QED) is 0.252. The monoisotopic (exact) mass is 145 g/mol. The fourth-order valence-electron chi connectivity index (χ4n) is 0.565. The molecule has 0 spiro atoms. The van der Waals surface area contributed by atoms with Crippen LogP contribution in [0.2, 0.25) is 0 Å². The van der Waals surface area contributed by atoms with Gasteiger partial charge in [-0.25, -0.2) is 0 Å². The molecule has 5 heteroatoms. The van der Waals surface area contributed by atoms with Crippen LogP contribution < -0.4 is 0 Å². The lowest BCUT2D eigenvalue weighted by Crippen LogP contribution is -2.24. The van der Waals surface area contributed by atoms with Gasteiger partial charge in [0, 0.05) is 12.8 Å². The van der Waals surface area contributed by atoms with Crippen molar-refractivity contribution in [3.05, 3.63) is 0 Å². The fourth-order valence-corrected chi connectivity index (χ4v) is 0.565. The second-order valence-electron chi connectivity index (χ2n) is 1.60. The van der Waals surface area contributed by atoms with E-state index in [9.17, 15) is 9.59 Å². The predicted octanol–water partition coefficient (Wildman–Crippen LogP) is -1.66. The molecule has 1 saturated heterocycles. The van der Waals surface area contributed by atoms with Crippen LogP contribution in [-0.2, 0) is 9.59 Å². The van der Waals surface area contributed by atoms with E-state index in [1.165, 1.54) is 0 Å². The van der Waals surface area contributed by atoms with Crippen molar-refractivity contribution in [1.29, 1.82) is 0 Å². The molecule has 1 rings (SSSR count). The van der Waals surface area contributed by atoms with E-state index < -0.39 is 11.8 Å². The Bertz CT molecular complexity index is 131. The summed E-state index contributed by atoms with van der Waals surface area (Å²) in [6, 6.07) is 0. The zero-order chi connectivity index (χ0) is 6.15. The van der Waals surface area contributed by atoms with Crippen LogP contribution in [0.15, 0.2) is 0 Å². The molecule has 50 valence electrons. The first kappa shape index (κ1) is 8.63. The average Bonchev–Trinajstić information content (AvgIpc) is 1.98. The van der Waals surface area contributed by atoms with Crippen LogP contribution in [0, 0.1) is 0 Å². The largest absolute Gasteiger partial charge is 0.279 e. The maximum atomic E-state index is 10.2. The first-order valence-electron chi connectivity index (χ1n) is 2.26. The zero-order valence-electron chi connectivity index (χ0n) is 4.13. The summed E-state index contributed by atoms with van der Waals surface area (Å²) < 4.78 is 0. The SMILES string of the molecule is O=C1CCC(=O)N1O.[AlH3]. The minimum atomic E-state index is -0.505. The third-order valence-corrected chi connectivity index (χ3v) is 1.03. The Morgan fingerprint density at radius 1 is 1.22 bits per heavy atom. The van der Waals surface area contributed by atoms with E-state index in [0.717, 1.165) is 0 Å². The molecule has 0 aliphatic carbocycles. The van der Waals surface area contributed by atoms with Gasteiger partial charge in [-0.15, -0.1) is 0 Å². The Balaban J connectivity index is 0.000000640. The minimum absolute atomic E-state index is 0. The summed E-state index contributed by atoms with van der Waals surface area (Å²) >= 11 is 0. The fraction of sp³-hybridized carbons (Fsp3) is 0.500. The molecule has 0 aromatic rings. The first-order chi connectivity index (χ1) is 3.72. The standard InChI is InChI=1S/C4H5NO3.Al.3H/c6-3-1-2-4(7)5(3)8;;;;/h8H,1-2H2;;;;. The summed E-state index contributed by atoms with van der Waals surface area (Å²) in [6.45, 7) is 0. The van der Waals surface area contributed by atoms with Crippen LogP contribution in [0.3, 0.4) is 0 Å². The van der Waals surface area contributed by atoms with Crippen LogP contribution >= 0.6 is 0 Å². The molecule has 1 N–H and O–H groups in total. The summed E-state index contributed by atoms with van der Waals surface area (Å²) in [5.74, 6) is -1.01. The van der Waals surface area contributed by atoms with E-state index in [1.807, 2.05) is 0 Å². The van der Waals surface area contributed by atoms with E-state index in [-0.39, 0.29) is 35.3 Å². The molecule has 1 aliphatic rings. The van der Waals surface area contributed by atoms with Crippen molar-refractivity contribution in [2.24, 2.45) is 0 Å². The van der Waals surface area contributed by atoms with Crippen molar-refractivity contribution in [3.8, 4) is 0 Å². The molecule has 0 atom stereocenters. The van der Waals surface area contributed by atoms with E-state index in [1.54, 1.807) is 0 Å². The number of hydroxylamine groups is 2. The molecule has 0 aromatic heterocycles. The highest BCUT2D eigenvalue weighted by Gasteiger charge is 2.26. The summed E-state index contributed by atoms with van der Waals surface area (Å²) in [7, 11) is 0. The highest BCUT2D eigenvalue weighted by molar-refractivity contribution is 6.00. The van der Waals surface area contributed by atoms with Crippen LogP contribution in [0.4, 0.5) is 0 Å². The summed E-state index contributed by atoms with van der Waals surface area (Å²) in [5.41, 5.74) is 0. The molecule has 1 fully saturated rings. The van der Waals surface area contributed by atoms with Gasteiger partial charge in [0.15, 0.2) is 17.4 Å². The number of carbonyl (C=O) groups excluding carboxylic acids is 2. The summed E-state index contributed by atoms with van der Waals surface area (Å²) in [4.78, 5) is 20.5. The Kier molecular flexibility index (Phi) is 2.85. The molecule has 1 aliphatic heterocycles. The van der Waals surface area contributed by atoms with E-state index in [0.29, 0.717) is 0 Å². The molecule has 0 saturated carbocycles. The van der Waals surface area contributed by atoms with E-state index in [4.69, 9.17) is 5.21 Å². The van der Waals surface area contributed by atoms with Gasteiger partial charge in [0.2, 0.25) is 0 Å². The molecule has 0 radical (unpaired) electrons. The Labute approximate surface area is 62.5 Å². The third kappa shape index (κ3) is 1.52. The molecule has 9 heavy (non-hydrogen) atoms. The number of hydrogen-bond donors (Lipinski definition) is 1. The van der Waals surface area contributed by atoms with Crippen LogP contribution in [0.1, 0.15) is 12.8 Å². The highest BCUT2D eigenvalue weighted by Crippen LogP contribution is 2.06. The predicted molar refractivity (Wildman–Crippen MR) is 32.8 cm³/mol. The van der Waals surface area contributed by atoms with Gasteiger partial charge in [-0.1, -0.05) is 0 Å². The number of imide groups is 1. The molecule has 2 amide bonds. The minimum Gasteiger partial charge on any atom is -0.279 e. The lowest BCUT2D eigenvalue weighted by molar-refractivity contribution is -0.171. The Morgan fingerprint density at radius 2 is 1.56 bits per heavy atom. The molecule has 0 aromatic carbocycles. The lowest BCUT2D eigenvalue weighted by Gasteiger charge is -1.98. The van der Waals surface area contributed by atoms with Crippen molar-refractivity contribution in [1.82, 2.24) is 5.06 Å². The van der Waals surface area contributed by atoms with Crippen LogP contribution in [0.25, 0.3) is 0 Å². The Morgan fingerprint density at radius 3 is 1.67 bits per heavy atom. The normalized spacial score (nSPS) is 18.1. The van der Waals surface area contributed by atoms with Crippen molar-refractivity contribution < 1.29 is 14.8 Å². The van der Waals surface area contributed by atoms with Gasteiger partial charge < -0.3 is 0 Å². The summed E-state index contributed by atoms with van der Waals surface area (Å²) in [6.07, 6.45) is 0.296. The number of hydrogen-bond acceptors (Lipinski definition) is 3. The number of rotatable bonds is 0. The topological polar surface area (TPSA) is 57.6 Å². The van der Waals surface area contributed by atoms with Gasteiger partial charge in [-0.2, -0.15) is 5.06 Å². The number of carbonyl (C=O) groups is 2. The van der Waals surface area contributed by atoms with Crippen molar-refractivity contribution in [2.75, 3.05) is 0 Å². The third-order valence-electron chi connectivity index (χ3n) is 1.03. The van der Waals surface area contributed by atoms with Gasteiger partial charge >= 0.3 is 0 Å². The van der Waals surface area contributed by atoms with Crippen molar-refractivity contribution in [2.45, 2.75) is 12.8 Å². The zero-order valence-corrected chi connectivity index (χ0v) is 4.13. The van der Waals surface area contributed by atoms with Gasteiger partial charge in [0.1, 0.15) is 0 Å². The molecular weight excluding hydrogens is 137 g/mol. The summed E-state index contributed by atoms with van der Waals surface area (Å²) in [5, 5.41) is 8.57. The lowest BCUT2D eigenvalue weighted by atomic mass is 10.4. The second-order valence-corrected chi connectivity index (χ2v) is 1.60. The van der Waals surface area contributed by atoms with Gasteiger partial charge in [-0.05, 0) is 0 Å². The van der Waals surface area contributed by atoms with Crippen molar-refractivity contribution >= 4 is 29.2 Å². The number of nitrogens with zero attached hydrogens (tertiary/aromatic N) is 1.